The van der Waals surface area contributed by atoms with Gasteiger partial charge in [0.2, 0.25) is 0 Å². The minimum atomic E-state index is -0.608. The molecule has 122 valence electrons. The van der Waals surface area contributed by atoms with Crippen molar-refractivity contribution in [3.05, 3.63) is 29.8 Å². The van der Waals surface area contributed by atoms with Crippen LogP contribution in [0.25, 0.3) is 0 Å². The van der Waals surface area contributed by atoms with E-state index in [1.54, 1.807) is 20.8 Å². The number of carbonyl (C=O) groups excluding carboxylic acids is 1. The van der Waals surface area contributed by atoms with Gasteiger partial charge in [-0.1, -0.05) is 6.07 Å². The SMILES string of the molecule is CC(C)(C)OC(=O)NC1CCC(Nc2c(F)cccc2F)C1. The van der Waals surface area contributed by atoms with Crippen molar-refractivity contribution in [2.45, 2.75) is 57.7 Å². The molecule has 0 heterocycles. The molecule has 2 unspecified atom stereocenters. The van der Waals surface area contributed by atoms with Crippen LogP contribution in [-0.4, -0.2) is 23.8 Å². The van der Waals surface area contributed by atoms with Gasteiger partial charge in [0.25, 0.3) is 0 Å². The lowest BCUT2D eigenvalue weighted by Gasteiger charge is -2.22. The predicted molar refractivity (Wildman–Crippen MR) is 80.8 cm³/mol. The van der Waals surface area contributed by atoms with Crippen molar-refractivity contribution in [1.82, 2.24) is 5.32 Å². The molecule has 0 radical (unpaired) electrons. The largest absolute Gasteiger partial charge is 0.444 e. The molecule has 2 rings (SSSR count). The number of anilines is 1. The van der Waals surface area contributed by atoms with Crippen LogP contribution in [0.5, 0.6) is 0 Å². The van der Waals surface area contributed by atoms with E-state index in [0.717, 1.165) is 12.8 Å². The van der Waals surface area contributed by atoms with Gasteiger partial charge in [-0.2, -0.15) is 0 Å². The number of nitrogens with one attached hydrogen (secondary N) is 2. The van der Waals surface area contributed by atoms with Gasteiger partial charge in [-0.25, -0.2) is 13.6 Å². The van der Waals surface area contributed by atoms with Crippen LogP contribution in [0.4, 0.5) is 19.3 Å². The zero-order chi connectivity index (χ0) is 16.3. The highest BCUT2D eigenvalue weighted by Crippen LogP contribution is 2.26. The number of hydrogen-bond donors (Lipinski definition) is 2. The zero-order valence-electron chi connectivity index (χ0n) is 13.1. The second kappa shape index (κ2) is 6.50. The number of amides is 1. The second-order valence-corrected chi connectivity index (χ2v) is 6.59. The molecule has 4 nitrogen and oxygen atoms in total. The van der Waals surface area contributed by atoms with Gasteiger partial charge in [0, 0.05) is 12.1 Å². The normalized spacial score (nSPS) is 21.5. The fourth-order valence-electron chi connectivity index (χ4n) is 2.56. The standard InChI is InChI=1S/C16H22F2N2O2/c1-16(2,3)22-15(21)20-11-8-7-10(9-11)19-14-12(17)5-4-6-13(14)18/h4-6,10-11,19H,7-9H2,1-3H3,(H,20,21). The summed E-state index contributed by atoms with van der Waals surface area (Å²) < 4.78 is 32.4. The predicted octanol–water partition coefficient (Wildman–Crippen LogP) is 3.82. The second-order valence-electron chi connectivity index (χ2n) is 6.59. The van der Waals surface area contributed by atoms with Crippen LogP contribution in [-0.2, 0) is 4.74 Å². The molecule has 0 saturated heterocycles. The van der Waals surface area contributed by atoms with Crippen LogP contribution in [0, 0.1) is 11.6 Å². The molecule has 22 heavy (non-hydrogen) atoms. The monoisotopic (exact) mass is 312 g/mol. The Bertz CT molecular complexity index is 523. The van der Waals surface area contributed by atoms with E-state index in [-0.39, 0.29) is 17.8 Å². The van der Waals surface area contributed by atoms with E-state index >= 15 is 0 Å². The molecule has 0 aromatic heterocycles. The lowest BCUT2D eigenvalue weighted by molar-refractivity contribution is 0.0505. The number of rotatable bonds is 3. The molecule has 2 N–H and O–H groups in total. The maximum Gasteiger partial charge on any atom is 0.407 e. The average molecular weight is 312 g/mol. The van der Waals surface area contributed by atoms with Crippen molar-refractivity contribution in [3.8, 4) is 0 Å². The van der Waals surface area contributed by atoms with E-state index in [1.165, 1.54) is 18.2 Å². The molecule has 2 atom stereocenters. The van der Waals surface area contributed by atoms with E-state index in [4.69, 9.17) is 4.74 Å². The number of hydrogen-bond acceptors (Lipinski definition) is 3. The number of halogens is 2. The Balaban J connectivity index is 1.87. The Hall–Kier alpha value is -1.85. The summed E-state index contributed by atoms with van der Waals surface area (Å²) in [5, 5.41) is 5.68. The summed E-state index contributed by atoms with van der Waals surface area (Å²) in [6.07, 6.45) is 1.61. The smallest absolute Gasteiger partial charge is 0.407 e. The Morgan fingerprint density at radius 3 is 2.36 bits per heavy atom. The quantitative estimate of drug-likeness (QED) is 0.892. The lowest BCUT2D eigenvalue weighted by Crippen LogP contribution is -2.38. The number of carbonyl (C=O) groups is 1. The van der Waals surface area contributed by atoms with Gasteiger partial charge in [0.15, 0.2) is 0 Å². The Morgan fingerprint density at radius 1 is 1.18 bits per heavy atom. The first-order valence-corrected chi connectivity index (χ1v) is 7.44. The number of ether oxygens (including phenoxy) is 1. The van der Waals surface area contributed by atoms with Crippen molar-refractivity contribution in [2.75, 3.05) is 5.32 Å². The first kappa shape index (κ1) is 16.5. The highest BCUT2D eigenvalue weighted by molar-refractivity contribution is 5.68. The number of benzene rings is 1. The molecular weight excluding hydrogens is 290 g/mol. The summed E-state index contributed by atoms with van der Waals surface area (Å²) in [6, 6.07) is 3.64. The topological polar surface area (TPSA) is 50.4 Å². The molecule has 0 aliphatic heterocycles. The van der Waals surface area contributed by atoms with Crippen molar-refractivity contribution in [1.29, 1.82) is 0 Å². The van der Waals surface area contributed by atoms with Crippen LogP contribution >= 0.6 is 0 Å². The molecular formula is C16H22F2N2O2. The molecule has 1 aliphatic rings. The highest BCUT2D eigenvalue weighted by Gasteiger charge is 2.28. The van der Waals surface area contributed by atoms with Gasteiger partial charge in [0.1, 0.15) is 22.9 Å². The van der Waals surface area contributed by atoms with Gasteiger partial charge < -0.3 is 15.4 Å². The molecule has 1 aromatic carbocycles. The molecule has 0 bridgehead atoms. The summed E-state index contributed by atoms with van der Waals surface area (Å²) in [5.74, 6) is -1.22. The van der Waals surface area contributed by atoms with E-state index in [0.29, 0.717) is 6.42 Å². The maximum atomic E-state index is 13.6. The van der Waals surface area contributed by atoms with E-state index in [1.807, 2.05) is 0 Å². The molecule has 1 aromatic rings. The highest BCUT2D eigenvalue weighted by atomic mass is 19.1. The van der Waals surface area contributed by atoms with Crippen LogP contribution in [0.15, 0.2) is 18.2 Å². The van der Waals surface area contributed by atoms with Crippen molar-refractivity contribution in [3.63, 3.8) is 0 Å². The van der Waals surface area contributed by atoms with E-state index < -0.39 is 23.3 Å². The number of alkyl carbamates (subject to hydrolysis) is 1. The van der Waals surface area contributed by atoms with Crippen LogP contribution in [0.2, 0.25) is 0 Å². The van der Waals surface area contributed by atoms with Crippen LogP contribution < -0.4 is 10.6 Å². The maximum absolute atomic E-state index is 13.6. The number of para-hydroxylation sites is 1. The van der Waals surface area contributed by atoms with E-state index in [9.17, 15) is 13.6 Å². The fourth-order valence-corrected chi connectivity index (χ4v) is 2.56. The minimum absolute atomic E-state index is 0.0535. The Kier molecular flexibility index (Phi) is 4.88. The summed E-state index contributed by atoms with van der Waals surface area (Å²) in [5.41, 5.74) is -0.651. The molecule has 1 fully saturated rings. The summed E-state index contributed by atoms with van der Waals surface area (Å²) in [4.78, 5) is 11.7. The molecule has 1 saturated carbocycles. The minimum Gasteiger partial charge on any atom is -0.444 e. The van der Waals surface area contributed by atoms with Gasteiger partial charge in [-0.3, -0.25) is 0 Å². The van der Waals surface area contributed by atoms with Gasteiger partial charge in [0.05, 0.1) is 0 Å². The van der Waals surface area contributed by atoms with Crippen LogP contribution in [0.3, 0.4) is 0 Å². The average Bonchev–Trinajstić information content (AvgIpc) is 2.79. The Labute approximate surface area is 129 Å². The third-order valence-electron chi connectivity index (χ3n) is 3.46. The van der Waals surface area contributed by atoms with Gasteiger partial charge in [-0.05, 0) is 52.2 Å². The first-order valence-electron chi connectivity index (χ1n) is 7.44. The third-order valence-corrected chi connectivity index (χ3v) is 3.46. The van der Waals surface area contributed by atoms with Gasteiger partial charge in [-0.15, -0.1) is 0 Å². The summed E-state index contributed by atoms with van der Waals surface area (Å²) in [6.45, 7) is 5.39. The third kappa shape index (κ3) is 4.58. The summed E-state index contributed by atoms with van der Waals surface area (Å²) >= 11 is 0. The summed E-state index contributed by atoms with van der Waals surface area (Å²) in [7, 11) is 0. The van der Waals surface area contributed by atoms with Gasteiger partial charge >= 0.3 is 6.09 Å². The molecule has 1 amide bonds. The molecule has 1 aliphatic carbocycles. The van der Waals surface area contributed by atoms with Crippen molar-refractivity contribution in [2.24, 2.45) is 0 Å². The zero-order valence-corrected chi connectivity index (χ0v) is 13.1. The van der Waals surface area contributed by atoms with Crippen molar-refractivity contribution < 1.29 is 18.3 Å². The van der Waals surface area contributed by atoms with E-state index in [2.05, 4.69) is 10.6 Å². The Morgan fingerprint density at radius 2 is 1.77 bits per heavy atom. The fraction of sp³-hybridized carbons (Fsp3) is 0.562. The van der Waals surface area contributed by atoms with Crippen molar-refractivity contribution >= 4 is 11.8 Å². The molecule has 6 heteroatoms. The lowest BCUT2D eigenvalue weighted by atomic mass is 10.2. The first-order chi connectivity index (χ1) is 10.2. The molecule has 0 spiro atoms. The van der Waals surface area contributed by atoms with Crippen LogP contribution in [0.1, 0.15) is 40.0 Å².